The third-order valence-corrected chi connectivity index (χ3v) is 5.85. The molecule has 8 heteroatoms. The van der Waals surface area contributed by atoms with Crippen LogP contribution < -0.4 is 9.64 Å². The van der Waals surface area contributed by atoms with Crippen LogP contribution in [-0.2, 0) is 6.54 Å². The van der Waals surface area contributed by atoms with Gasteiger partial charge in [-0.2, -0.15) is 0 Å². The van der Waals surface area contributed by atoms with Gasteiger partial charge in [-0.05, 0) is 43.2 Å². The van der Waals surface area contributed by atoms with Crippen molar-refractivity contribution in [1.82, 2.24) is 19.7 Å². The maximum Gasteiger partial charge on any atom is 0.293 e. The zero-order valence-corrected chi connectivity index (χ0v) is 18.7. The summed E-state index contributed by atoms with van der Waals surface area (Å²) in [5, 5.41) is 14.8. The van der Waals surface area contributed by atoms with Crippen molar-refractivity contribution in [2.75, 3.05) is 38.2 Å². The van der Waals surface area contributed by atoms with Crippen LogP contribution in [0.5, 0.6) is 5.75 Å². The number of methoxy groups -OCH3 is 1. The molecule has 1 fully saturated rings. The number of carbonyl (C=O) groups is 1. The van der Waals surface area contributed by atoms with E-state index in [1.807, 2.05) is 12.1 Å². The Balaban J connectivity index is 1.34. The third kappa shape index (κ3) is 4.75. The van der Waals surface area contributed by atoms with Crippen molar-refractivity contribution < 1.29 is 14.6 Å². The highest BCUT2D eigenvalue weighted by Crippen LogP contribution is 2.23. The number of nitrogens with zero attached hydrogens (tertiary/aromatic N) is 5. The van der Waals surface area contributed by atoms with E-state index in [9.17, 15) is 9.90 Å². The van der Waals surface area contributed by atoms with E-state index < -0.39 is 6.10 Å². The molecule has 2 heterocycles. The quantitative estimate of drug-likeness (QED) is 0.641. The number of aryl methyl sites for hydroxylation is 2. The molecule has 3 aromatic rings. The van der Waals surface area contributed by atoms with E-state index in [1.54, 1.807) is 24.1 Å². The maximum atomic E-state index is 12.9. The van der Waals surface area contributed by atoms with Gasteiger partial charge in [0.25, 0.3) is 5.91 Å². The normalized spacial score (nSPS) is 15.0. The molecule has 1 amide bonds. The van der Waals surface area contributed by atoms with Gasteiger partial charge in [0.1, 0.15) is 12.1 Å². The smallest absolute Gasteiger partial charge is 0.293 e. The highest BCUT2D eigenvalue weighted by Gasteiger charge is 2.25. The lowest BCUT2D eigenvalue weighted by atomic mass is 10.1. The minimum atomic E-state index is -0.758. The van der Waals surface area contributed by atoms with Gasteiger partial charge in [0, 0.05) is 31.9 Å². The number of piperazine rings is 1. The van der Waals surface area contributed by atoms with Crippen LogP contribution in [0.15, 0.2) is 48.8 Å². The molecule has 2 aromatic carbocycles. The van der Waals surface area contributed by atoms with Crippen LogP contribution in [-0.4, -0.2) is 64.0 Å². The molecule has 1 atom stereocenters. The number of carbonyl (C=O) groups excluding carboxylic acids is 1. The van der Waals surface area contributed by atoms with E-state index in [1.165, 1.54) is 27.8 Å². The first kappa shape index (κ1) is 21.8. The van der Waals surface area contributed by atoms with Crippen LogP contribution in [0.2, 0.25) is 0 Å². The second-order valence-corrected chi connectivity index (χ2v) is 8.15. The minimum Gasteiger partial charge on any atom is -0.497 e. The first-order valence-corrected chi connectivity index (χ1v) is 10.8. The molecule has 168 valence electrons. The highest BCUT2D eigenvalue weighted by molar-refractivity contribution is 5.90. The summed E-state index contributed by atoms with van der Waals surface area (Å²) in [6.07, 6.45) is 0.734. The lowest BCUT2D eigenvalue weighted by Gasteiger charge is -2.36. The molecule has 0 radical (unpaired) electrons. The van der Waals surface area contributed by atoms with Gasteiger partial charge in [-0.25, -0.2) is 9.67 Å². The fourth-order valence-electron chi connectivity index (χ4n) is 4.04. The van der Waals surface area contributed by atoms with Gasteiger partial charge in [-0.1, -0.05) is 29.8 Å². The Morgan fingerprint density at radius 1 is 1.09 bits per heavy atom. The average molecular weight is 436 g/mol. The van der Waals surface area contributed by atoms with E-state index in [2.05, 4.69) is 47.0 Å². The number of anilines is 1. The van der Waals surface area contributed by atoms with Gasteiger partial charge >= 0.3 is 0 Å². The number of ether oxygens (including phenoxy) is 1. The zero-order valence-electron chi connectivity index (χ0n) is 18.7. The molecule has 1 saturated heterocycles. The monoisotopic (exact) mass is 435 g/mol. The molecule has 0 aliphatic carbocycles. The number of hydrogen-bond acceptors (Lipinski definition) is 6. The summed E-state index contributed by atoms with van der Waals surface area (Å²) in [5.74, 6) is 0.710. The van der Waals surface area contributed by atoms with Gasteiger partial charge in [-0.15, -0.1) is 5.10 Å². The van der Waals surface area contributed by atoms with Crippen LogP contribution in [0.3, 0.4) is 0 Å². The Morgan fingerprint density at radius 3 is 2.47 bits per heavy atom. The van der Waals surface area contributed by atoms with Crippen molar-refractivity contribution in [2.24, 2.45) is 0 Å². The van der Waals surface area contributed by atoms with Crippen molar-refractivity contribution in [1.29, 1.82) is 0 Å². The largest absolute Gasteiger partial charge is 0.497 e. The molecule has 0 unspecified atom stereocenters. The molecule has 0 bridgehead atoms. The number of benzene rings is 2. The number of amides is 1. The van der Waals surface area contributed by atoms with E-state index in [4.69, 9.17) is 4.74 Å². The number of aliphatic hydroxyl groups is 1. The number of aromatic nitrogens is 3. The molecule has 8 nitrogen and oxygen atoms in total. The zero-order chi connectivity index (χ0) is 22.7. The van der Waals surface area contributed by atoms with Gasteiger partial charge in [0.15, 0.2) is 0 Å². The molecule has 0 spiro atoms. The Bertz CT molecular complexity index is 1070. The fourth-order valence-corrected chi connectivity index (χ4v) is 4.04. The topological polar surface area (TPSA) is 83.7 Å². The van der Waals surface area contributed by atoms with Crippen molar-refractivity contribution in [3.05, 3.63) is 71.3 Å². The van der Waals surface area contributed by atoms with E-state index in [-0.39, 0.29) is 18.3 Å². The van der Waals surface area contributed by atoms with Crippen LogP contribution >= 0.6 is 0 Å². The summed E-state index contributed by atoms with van der Waals surface area (Å²) in [4.78, 5) is 21.2. The maximum absolute atomic E-state index is 12.9. The molecule has 0 saturated carbocycles. The number of rotatable bonds is 6. The highest BCUT2D eigenvalue weighted by atomic mass is 16.5. The standard InChI is InChI=1S/C24H29N5O3/c1-17-4-9-21(18(2)14-17)27-10-12-28(13-11-27)24(31)23-25-16-29(26-23)15-22(30)19-5-7-20(32-3)8-6-19/h4-9,14,16,22,30H,10-13,15H2,1-3H3/t22-/m1/s1. The van der Waals surface area contributed by atoms with Crippen LogP contribution in [0, 0.1) is 13.8 Å². The van der Waals surface area contributed by atoms with Crippen molar-refractivity contribution in [2.45, 2.75) is 26.5 Å². The molecular weight excluding hydrogens is 406 g/mol. The van der Waals surface area contributed by atoms with E-state index in [0.29, 0.717) is 13.1 Å². The van der Waals surface area contributed by atoms with Gasteiger partial charge in [-0.3, -0.25) is 4.79 Å². The summed E-state index contributed by atoms with van der Waals surface area (Å²) in [5.41, 5.74) is 4.47. The minimum absolute atomic E-state index is 0.159. The van der Waals surface area contributed by atoms with Crippen molar-refractivity contribution in [3.8, 4) is 5.75 Å². The molecule has 1 aromatic heterocycles. The number of aliphatic hydroxyl groups excluding tert-OH is 1. The first-order valence-electron chi connectivity index (χ1n) is 10.8. The molecule has 1 aliphatic rings. The van der Waals surface area contributed by atoms with Gasteiger partial charge in [0.05, 0.1) is 19.8 Å². The predicted octanol–water partition coefficient (Wildman–Crippen LogP) is 2.60. The summed E-state index contributed by atoms with van der Waals surface area (Å²) in [7, 11) is 1.60. The molecule has 1 N–H and O–H groups in total. The van der Waals surface area contributed by atoms with Crippen molar-refractivity contribution in [3.63, 3.8) is 0 Å². The molecule has 32 heavy (non-hydrogen) atoms. The SMILES string of the molecule is COc1ccc([C@H](O)Cn2cnc(C(=O)N3CCN(c4ccc(C)cc4C)CC3)n2)cc1. The van der Waals surface area contributed by atoms with Crippen LogP contribution in [0.25, 0.3) is 0 Å². The Hall–Kier alpha value is -3.39. The Kier molecular flexibility index (Phi) is 6.41. The van der Waals surface area contributed by atoms with E-state index >= 15 is 0 Å². The summed E-state index contributed by atoms with van der Waals surface area (Å²) in [6, 6.07) is 13.7. The van der Waals surface area contributed by atoms with Crippen molar-refractivity contribution >= 4 is 11.6 Å². The Labute approximate surface area is 188 Å². The predicted molar refractivity (Wildman–Crippen MR) is 122 cm³/mol. The average Bonchev–Trinajstić information content (AvgIpc) is 3.27. The second kappa shape index (κ2) is 9.40. The van der Waals surface area contributed by atoms with Crippen LogP contribution in [0.1, 0.15) is 33.4 Å². The van der Waals surface area contributed by atoms with E-state index in [0.717, 1.165) is 24.4 Å². The molecule has 1 aliphatic heterocycles. The second-order valence-electron chi connectivity index (χ2n) is 8.15. The van der Waals surface area contributed by atoms with Gasteiger partial charge in [0.2, 0.25) is 5.82 Å². The summed E-state index contributed by atoms with van der Waals surface area (Å²) < 4.78 is 6.65. The molecular formula is C24H29N5O3. The first-order chi connectivity index (χ1) is 15.4. The lowest BCUT2D eigenvalue weighted by molar-refractivity contribution is 0.0733. The fraction of sp³-hybridized carbons (Fsp3) is 0.375. The Morgan fingerprint density at radius 2 is 1.81 bits per heavy atom. The number of hydrogen-bond donors (Lipinski definition) is 1. The summed E-state index contributed by atoms with van der Waals surface area (Å²) >= 11 is 0. The van der Waals surface area contributed by atoms with Crippen LogP contribution in [0.4, 0.5) is 5.69 Å². The third-order valence-electron chi connectivity index (χ3n) is 5.85. The summed E-state index contributed by atoms with van der Waals surface area (Å²) in [6.45, 7) is 7.21. The molecule has 4 rings (SSSR count). The van der Waals surface area contributed by atoms with Gasteiger partial charge < -0.3 is 19.6 Å². The lowest BCUT2D eigenvalue weighted by Crippen LogP contribution is -2.49.